The molecule has 3 aromatic heterocycles. The molecule has 0 spiro atoms. The van der Waals surface area contributed by atoms with Gasteiger partial charge in [-0.3, -0.25) is 4.79 Å². The van der Waals surface area contributed by atoms with Crippen LogP contribution in [0, 0.1) is 13.8 Å². The second-order valence-electron chi connectivity index (χ2n) is 6.53. The number of ether oxygens (including phenoxy) is 2. The number of rotatable bonds is 5. The molecule has 1 atom stereocenters. The van der Waals surface area contributed by atoms with Crippen molar-refractivity contribution in [3.63, 3.8) is 0 Å². The molecule has 1 unspecified atom stereocenters. The van der Waals surface area contributed by atoms with Gasteiger partial charge in [-0.05, 0) is 25.1 Å². The van der Waals surface area contributed by atoms with E-state index in [1.807, 2.05) is 19.9 Å². The van der Waals surface area contributed by atoms with Crippen LogP contribution in [-0.2, 0) is 16.0 Å². The number of hydrogen-bond donors (Lipinski definition) is 0. The fourth-order valence-electron chi connectivity index (χ4n) is 3.04. The maximum absolute atomic E-state index is 12.9. The molecule has 1 aliphatic rings. The second-order valence-corrected chi connectivity index (χ2v) is 6.53. The van der Waals surface area contributed by atoms with Crippen molar-refractivity contribution in [1.82, 2.24) is 44.7 Å². The van der Waals surface area contributed by atoms with Gasteiger partial charge in [0.25, 0.3) is 11.7 Å². The Morgan fingerprint density at radius 3 is 3.00 bits per heavy atom. The average Bonchev–Trinajstić information content (AvgIpc) is 3.33. The molecule has 4 heterocycles. The first kappa shape index (κ1) is 18.4. The number of hydrogen-bond acceptors (Lipinski definition) is 9. The number of carbonyl (C=O) groups excluding carboxylic acids is 1. The van der Waals surface area contributed by atoms with Crippen molar-refractivity contribution in [2.45, 2.75) is 26.5 Å². The molecule has 0 saturated carbocycles. The van der Waals surface area contributed by atoms with E-state index in [1.165, 1.54) is 4.80 Å². The van der Waals surface area contributed by atoms with Gasteiger partial charge in [-0.2, -0.15) is 9.78 Å². The van der Waals surface area contributed by atoms with Gasteiger partial charge in [0, 0.05) is 25.0 Å². The van der Waals surface area contributed by atoms with Crippen LogP contribution >= 0.6 is 0 Å². The smallest absolute Gasteiger partial charge is 0.293 e. The molecule has 1 saturated heterocycles. The van der Waals surface area contributed by atoms with E-state index in [0.717, 1.165) is 11.4 Å². The molecule has 12 nitrogen and oxygen atoms in total. The Kier molecular flexibility index (Phi) is 4.96. The van der Waals surface area contributed by atoms with Crippen molar-refractivity contribution in [1.29, 1.82) is 0 Å². The molecule has 0 aromatic carbocycles. The largest absolute Gasteiger partial charge is 0.383 e. The summed E-state index contributed by atoms with van der Waals surface area (Å²) < 4.78 is 12.3. The highest BCUT2D eigenvalue weighted by Crippen LogP contribution is 2.19. The monoisotopic (exact) mass is 387 g/mol. The van der Waals surface area contributed by atoms with Crippen molar-refractivity contribution < 1.29 is 14.3 Å². The van der Waals surface area contributed by atoms with Crippen molar-refractivity contribution >= 4 is 11.7 Å². The summed E-state index contributed by atoms with van der Waals surface area (Å²) >= 11 is 0. The predicted octanol–water partition coefficient (Wildman–Crippen LogP) is -0.412. The van der Waals surface area contributed by atoms with Gasteiger partial charge in [0.15, 0.2) is 0 Å². The molecular formula is C16H21N9O3. The number of tetrazole rings is 1. The third kappa shape index (κ3) is 3.55. The molecule has 1 amide bonds. The van der Waals surface area contributed by atoms with Gasteiger partial charge >= 0.3 is 0 Å². The van der Waals surface area contributed by atoms with E-state index in [4.69, 9.17) is 9.47 Å². The Morgan fingerprint density at radius 1 is 1.32 bits per heavy atom. The third-order valence-electron chi connectivity index (χ3n) is 4.41. The van der Waals surface area contributed by atoms with E-state index in [-0.39, 0.29) is 11.7 Å². The highest BCUT2D eigenvalue weighted by Gasteiger charge is 2.31. The van der Waals surface area contributed by atoms with Gasteiger partial charge in [-0.15, -0.1) is 15.3 Å². The number of morpholine rings is 1. The molecular weight excluding hydrogens is 366 g/mol. The Hall–Kier alpha value is -2.99. The van der Waals surface area contributed by atoms with Gasteiger partial charge < -0.3 is 14.4 Å². The fraction of sp³-hybridized carbons (Fsp3) is 0.562. The maximum Gasteiger partial charge on any atom is 0.293 e. The van der Waals surface area contributed by atoms with E-state index >= 15 is 0 Å². The first-order valence-electron chi connectivity index (χ1n) is 8.93. The summed E-state index contributed by atoms with van der Waals surface area (Å²) in [4.78, 5) is 24.6. The fourth-order valence-corrected chi connectivity index (χ4v) is 3.04. The van der Waals surface area contributed by atoms with Gasteiger partial charge in [-0.25, -0.2) is 9.50 Å². The quantitative estimate of drug-likeness (QED) is 0.574. The Labute approximate surface area is 160 Å². The standard InChI is InChI=1S/C16H21N9O3/c1-10-8-11(2)25-16(17-10)18-14(21-25)15(26)23-4-7-28-12(9-23)13-19-22-24(20-13)5-6-27-3/h8,12H,4-7,9H2,1-3H3. The van der Waals surface area contributed by atoms with E-state index in [9.17, 15) is 4.79 Å². The van der Waals surface area contributed by atoms with E-state index in [1.54, 1.807) is 16.5 Å². The van der Waals surface area contributed by atoms with E-state index in [2.05, 4.69) is 30.5 Å². The number of aromatic nitrogens is 8. The highest BCUT2D eigenvalue weighted by molar-refractivity contribution is 5.91. The van der Waals surface area contributed by atoms with Crippen LogP contribution in [0.4, 0.5) is 0 Å². The first-order chi connectivity index (χ1) is 13.5. The van der Waals surface area contributed by atoms with Crippen LogP contribution in [0.2, 0.25) is 0 Å². The zero-order valence-corrected chi connectivity index (χ0v) is 15.9. The normalized spacial score (nSPS) is 17.4. The molecule has 148 valence electrons. The van der Waals surface area contributed by atoms with Crippen molar-refractivity contribution in [3.8, 4) is 0 Å². The summed E-state index contributed by atoms with van der Waals surface area (Å²) in [6.45, 7) is 5.86. The first-order valence-corrected chi connectivity index (χ1v) is 8.93. The zero-order chi connectivity index (χ0) is 19.7. The number of methoxy groups -OCH3 is 1. The number of fused-ring (bicyclic) bond motifs is 1. The zero-order valence-electron chi connectivity index (χ0n) is 15.9. The van der Waals surface area contributed by atoms with Crippen LogP contribution in [0.1, 0.15) is 33.9 Å². The second kappa shape index (κ2) is 7.56. The summed E-state index contributed by atoms with van der Waals surface area (Å²) in [5, 5.41) is 16.6. The average molecular weight is 387 g/mol. The molecule has 1 aliphatic heterocycles. The van der Waals surface area contributed by atoms with Crippen LogP contribution in [0.3, 0.4) is 0 Å². The molecule has 3 aromatic rings. The van der Waals surface area contributed by atoms with Crippen LogP contribution in [0.15, 0.2) is 6.07 Å². The lowest BCUT2D eigenvalue weighted by Crippen LogP contribution is -2.43. The number of aryl methyl sites for hydroxylation is 2. The minimum Gasteiger partial charge on any atom is -0.383 e. The van der Waals surface area contributed by atoms with Crippen LogP contribution in [0.25, 0.3) is 5.78 Å². The van der Waals surface area contributed by atoms with Crippen molar-refractivity contribution in [2.75, 3.05) is 33.4 Å². The van der Waals surface area contributed by atoms with E-state index in [0.29, 0.717) is 44.5 Å². The highest BCUT2D eigenvalue weighted by atomic mass is 16.5. The maximum atomic E-state index is 12.9. The minimum atomic E-state index is -0.451. The molecule has 0 N–H and O–H groups in total. The lowest BCUT2D eigenvalue weighted by atomic mass is 10.2. The predicted molar refractivity (Wildman–Crippen MR) is 94.5 cm³/mol. The number of carbonyl (C=O) groups is 1. The molecule has 28 heavy (non-hydrogen) atoms. The molecule has 4 rings (SSSR count). The molecule has 1 fully saturated rings. The number of nitrogens with zero attached hydrogens (tertiary/aromatic N) is 9. The van der Waals surface area contributed by atoms with Crippen LogP contribution in [0.5, 0.6) is 0 Å². The van der Waals surface area contributed by atoms with Gasteiger partial charge in [0.2, 0.25) is 11.6 Å². The lowest BCUT2D eigenvalue weighted by Gasteiger charge is -2.30. The minimum absolute atomic E-state index is 0.110. The summed E-state index contributed by atoms with van der Waals surface area (Å²) in [5.41, 5.74) is 1.69. The Bertz CT molecular complexity index is 999. The van der Waals surface area contributed by atoms with Crippen molar-refractivity contribution in [3.05, 3.63) is 29.1 Å². The van der Waals surface area contributed by atoms with E-state index < -0.39 is 6.10 Å². The summed E-state index contributed by atoms with van der Waals surface area (Å²) in [7, 11) is 1.61. The summed E-state index contributed by atoms with van der Waals surface area (Å²) in [5.74, 6) is 0.680. The molecule has 0 radical (unpaired) electrons. The van der Waals surface area contributed by atoms with Crippen LogP contribution < -0.4 is 0 Å². The van der Waals surface area contributed by atoms with Crippen molar-refractivity contribution in [2.24, 2.45) is 0 Å². The Balaban J connectivity index is 1.50. The van der Waals surface area contributed by atoms with Gasteiger partial charge in [0.05, 0.1) is 26.3 Å². The number of amides is 1. The molecule has 0 bridgehead atoms. The van der Waals surface area contributed by atoms with Crippen LogP contribution in [-0.4, -0.2) is 84.0 Å². The summed E-state index contributed by atoms with van der Waals surface area (Å²) in [6, 6.07) is 1.89. The Morgan fingerprint density at radius 2 is 2.18 bits per heavy atom. The SMILES string of the molecule is COCCn1nnc(C2CN(C(=O)c3nc4nc(C)cc(C)n4n3)CCO2)n1. The topological polar surface area (TPSA) is 125 Å². The lowest BCUT2D eigenvalue weighted by molar-refractivity contribution is -0.0273. The van der Waals surface area contributed by atoms with Gasteiger partial charge in [-0.1, -0.05) is 0 Å². The van der Waals surface area contributed by atoms with Gasteiger partial charge in [0.1, 0.15) is 6.10 Å². The molecule has 0 aliphatic carbocycles. The third-order valence-corrected chi connectivity index (χ3v) is 4.41. The molecule has 12 heteroatoms. The summed E-state index contributed by atoms with van der Waals surface area (Å²) in [6.07, 6.45) is -0.451.